The topological polar surface area (TPSA) is 39.3 Å². The SMILES string of the molecule is Cc1nc2c(=O)n(CC(c3ccccc3)c3ccccc3)ccn2c1C. The zero-order valence-electron chi connectivity index (χ0n) is 15.0. The van der Waals surface area contributed by atoms with Crippen LogP contribution in [0.2, 0.25) is 0 Å². The Bertz CT molecular complexity index is 1060. The van der Waals surface area contributed by atoms with Gasteiger partial charge in [0, 0.05) is 30.6 Å². The van der Waals surface area contributed by atoms with Gasteiger partial charge in [0.15, 0.2) is 0 Å². The highest BCUT2D eigenvalue weighted by atomic mass is 16.1. The molecule has 2 heterocycles. The van der Waals surface area contributed by atoms with E-state index in [1.54, 1.807) is 4.57 Å². The number of imidazole rings is 1. The van der Waals surface area contributed by atoms with E-state index in [1.165, 1.54) is 11.1 Å². The summed E-state index contributed by atoms with van der Waals surface area (Å²) in [6, 6.07) is 20.7. The van der Waals surface area contributed by atoms with Crippen molar-refractivity contribution in [3.8, 4) is 0 Å². The molecule has 0 N–H and O–H groups in total. The van der Waals surface area contributed by atoms with Crippen molar-refractivity contribution in [3.05, 3.63) is 106 Å². The van der Waals surface area contributed by atoms with Gasteiger partial charge in [-0.25, -0.2) is 4.98 Å². The molecule has 4 heteroatoms. The van der Waals surface area contributed by atoms with Crippen molar-refractivity contribution in [2.24, 2.45) is 0 Å². The van der Waals surface area contributed by atoms with Gasteiger partial charge in [0.2, 0.25) is 5.65 Å². The molecule has 0 radical (unpaired) electrons. The Balaban J connectivity index is 1.81. The second-order valence-electron chi connectivity index (χ2n) is 6.61. The Kier molecular flexibility index (Phi) is 4.17. The van der Waals surface area contributed by atoms with Crippen LogP contribution in [0.15, 0.2) is 77.9 Å². The number of hydrogen-bond donors (Lipinski definition) is 0. The molecular weight excluding hydrogens is 322 g/mol. The summed E-state index contributed by atoms with van der Waals surface area (Å²) < 4.78 is 3.64. The highest BCUT2D eigenvalue weighted by molar-refractivity contribution is 5.41. The van der Waals surface area contributed by atoms with Gasteiger partial charge in [-0.3, -0.25) is 9.20 Å². The first-order valence-corrected chi connectivity index (χ1v) is 8.80. The van der Waals surface area contributed by atoms with Crippen molar-refractivity contribution in [3.63, 3.8) is 0 Å². The van der Waals surface area contributed by atoms with Crippen LogP contribution in [-0.2, 0) is 6.54 Å². The lowest BCUT2D eigenvalue weighted by atomic mass is 9.91. The summed E-state index contributed by atoms with van der Waals surface area (Å²) in [5, 5.41) is 0. The predicted octanol–water partition coefficient (Wildman–Crippen LogP) is 3.94. The summed E-state index contributed by atoms with van der Waals surface area (Å²) in [4.78, 5) is 17.4. The Morgan fingerprint density at radius 1 is 0.885 bits per heavy atom. The molecule has 0 aliphatic rings. The number of aromatic nitrogens is 3. The Morgan fingerprint density at radius 3 is 2.04 bits per heavy atom. The molecule has 0 fully saturated rings. The number of hydrogen-bond acceptors (Lipinski definition) is 2. The third-order valence-electron chi connectivity index (χ3n) is 5.02. The largest absolute Gasteiger partial charge is 0.310 e. The lowest BCUT2D eigenvalue weighted by Crippen LogP contribution is -2.25. The zero-order valence-corrected chi connectivity index (χ0v) is 15.0. The van der Waals surface area contributed by atoms with Crippen molar-refractivity contribution in [2.45, 2.75) is 26.3 Å². The smallest absolute Gasteiger partial charge is 0.294 e. The number of nitrogens with zero attached hydrogens (tertiary/aromatic N) is 3. The quantitative estimate of drug-likeness (QED) is 0.563. The minimum absolute atomic E-state index is 0.0550. The van der Waals surface area contributed by atoms with Crippen LogP contribution < -0.4 is 5.56 Å². The third kappa shape index (κ3) is 2.84. The number of benzene rings is 2. The van der Waals surface area contributed by atoms with Crippen LogP contribution in [0.25, 0.3) is 5.65 Å². The maximum atomic E-state index is 13.0. The summed E-state index contributed by atoms with van der Waals surface area (Å²) in [5.74, 6) is 0.106. The summed E-state index contributed by atoms with van der Waals surface area (Å²) in [5.41, 5.74) is 4.72. The highest BCUT2D eigenvalue weighted by Gasteiger charge is 2.17. The lowest BCUT2D eigenvalue weighted by molar-refractivity contribution is 0.602. The van der Waals surface area contributed by atoms with Gasteiger partial charge in [0.25, 0.3) is 5.56 Å². The highest BCUT2D eigenvalue weighted by Crippen LogP contribution is 2.26. The van der Waals surface area contributed by atoms with Gasteiger partial charge in [0.1, 0.15) is 0 Å². The molecule has 0 aliphatic carbocycles. The van der Waals surface area contributed by atoms with Crippen LogP contribution in [0, 0.1) is 13.8 Å². The van der Waals surface area contributed by atoms with Gasteiger partial charge in [-0.1, -0.05) is 60.7 Å². The van der Waals surface area contributed by atoms with E-state index < -0.39 is 0 Å². The van der Waals surface area contributed by atoms with E-state index >= 15 is 0 Å². The maximum absolute atomic E-state index is 13.0. The average molecular weight is 343 g/mol. The molecule has 4 rings (SSSR count). The van der Waals surface area contributed by atoms with E-state index in [0.717, 1.165) is 11.4 Å². The minimum atomic E-state index is -0.0550. The van der Waals surface area contributed by atoms with E-state index in [0.29, 0.717) is 12.2 Å². The number of aryl methyl sites for hydroxylation is 2. The molecule has 0 saturated carbocycles. The van der Waals surface area contributed by atoms with Gasteiger partial charge in [0.05, 0.1) is 5.69 Å². The molecule has 4 nitrogen and oxygen atoms in total. The fraction of sp³-hybridized carbons (Fsp3) is 0.182. The first-order chi connectivity index (χ1) is 12.6. The van der Waals surface area contributed by atoms with Crippen molar-refractivity contribution in [1.82, 2.24) is 14.0 Å². The summed E-state index contributed by atoms with van der Waals surface area (Å²) in [6.45, 7) is 4.49. The molecule has 0 saturated heterocycles. The third-order valence-corrected chi connectivity index (χ3v) is 5.02. The Labute approximate surface area is 152 Å². The van der Waals surface area contributed by atoms with Gasteiger partial charge in [-0.2, -0.15) is 0 Å². The molecule has 130 valence electrons. The normalized spacial score (nSPS) is 11.3. The van der Waals surface area contributed by atoms with Crippen molar-refractivity contribution in [1.29, 1.82) is 0 Å². The summed E-state index contributed by atoms with van der Waals surface area (Å²) in [6.07, 6.45) is 3.79. The van der Waals surface area contributed by atoms with Gasteiger partial charge < -0.3 is 4.57 Å². The van der Waals surface area contributed by atoms with Crippen LogP contribution in [0.5, 0.6) is 0 Å². The van der Waals surface area contributed by atoms with E-state index in [-0.39, 0.29) is 11.5 Å². The lowest BCUT2D eigenvalue weighted by Gasteiger charge is -2.19. The van der Waals surface area contributed by atoms with E-state index in [1.807, 2.05) is 67.0 Å². The van der Waals surface area contributed by atoms with Crippen molar-refractivity contribution < 1.29 is 0 Å². The predicted molar refractivity (Wildman–Crippen MR) is 104 cm³/mol. The molecular formula is C22H21N3O. The molecule has 0 amide bonds. The summed E-state index contributed by atoms with van der Waals surface area (Å²) >= 11 is 0. The van der Waals surface area contributed by atoms with Crippen LogP contribution in [0.1, 0.15) is 28.4 Å². The molecule has 4 aromatic rings. The molecule has 2 aromatic carbocycles. The fourth-order valence-corrected chi connectivity index (χ4v) is 3.42. The Morgan fingerprint density at radius 2 is 1.46 bits per heavy atom. The monoisotopic (exact) mass is 343 g/mol. The van der Waals surface area contributed by atoms with Crippen LogP contribution >= 0.6 is 0 Å². The summed E-state index contributed by atoms with van der Waals surface area (Å²) in [7, 11) is 0. The van der Waals surface area contributed by atoms with Crippen molar-refractivity contribution >= 4 is 5.65 Å². The van der Waals surface area contributed by atoms with Crippen LogP contribution in [0.3, 0.4) is 0 Å². The molecule has 26 heavy (non-hydrogen) atoms. The van der Waals surface area contributed by atoms with Crippen LogP contribution in [0.4, 0.5) is 0 Å². The van der Waals surface area contributed by atoms with Gasteiger partial charge >= 0.3 is 0 Å². The molecule has 0 atom stereocenters. The fourth-order valence-electron chi connectivity index (χ4n) is 3.42. The van der Waals surface area contributed by atoms with E-state index in [4.69, 9.17) is 0 Å². The second kappa shape index (κ2) is 6.64. The minimum Gasteiger partial charge on any atom is -0.310 e. The molecule has 2 aromatic heterocycles. The number of rotatable bonds is 4. The van der Waals surface area contributed by atoms with Gasteiger partial charge in [-0.05, 0) is 25.0 Å². The average Bonchev–Trinajstić information content (AvgIpc) is 2.98. The van der Waals surface area contributed by atoms with E-state index in [2.05, 4.69) is 29.2 Å². The molecule has 0 bridgehead atoms. The van der Waals surface area contributed by atoms with Gasteiger partial charge in [-0.15, -0.1) is 0 Å². The first-order valence-electron chi connectivity index (χ1n) is 8.80. The maximum Gasteiger partial charge on any atom is 0.294 e. The molecule has 0 unspecified atom stereocenters. The zero-order chi connectivity index (χ0) is 18.1. The standard InChI is InChI=1S/C22H21N3O/c1-16-17(2)25-14-13-24(22(26)21(25)23-16)15-20(18-9-5-3-6-10-18)19-11-7-4-8-12-19/h3-14,20H,15H2,1-2H3. The Hall–Kier alpha value is -3.14. The van der Waals surface area contributed by atoms with Crippen LogP contribution in [-0.4, -0.2) is 14.0 Å². The molecule has 0 spiro atoms. The first kappa shape index (κ1) is 16.3. The van der Waals surface area contributed by atoms with Crippen molar-refractivity contribution in [2.75, 3.05) is 0 Å². The second-order valence-corrected chi connectivity index (χ2v) is 6.61. The molecule has 0 aliphatic heterocycles. The van der Waals surface area contributed by atoms with E-state index in [9.17, 15) is 4.79 Å². The number of fused-ring (bicyclic) bond motifs is 1.